The normalized spacial score (nSPS) is 12.2. The second-order valence-electron chi connectivity index (χ2n) is 5.11. The highest BCUT2D eigenvalue weighted by Gasteiger charge is 2.15. The first kappa shape index (κ1) is 14.3. The number of nitrogens with zero attached hydrogens (tertiary/aromatic N) is 1. The Hall–Kier alpha value is -2.10. The summed E-state index contributed by atoms with van der Waals surface area (Å²) in [5, 5.41) is 6.76. The number of nitrogens with one attached hydrogen (secondary N) is 1. The lowest BCUT2D eigenvalue weighted by atomic mass is 10.1. The quantitative estimate of drug-likeness (QED) is 0.905. The van der Waals surface area contributed by atoms with Gasteiger partial charge in [-0.2, -0.15) is 0 Å². The van der Waals surface area contributed by atoms with Crippen LogP contribution in [0, 0.1) is 6.92 Å². The predicted octanol–water partition coefficient (Wildman–Crippen LogP) is 3.57. The van der Waals surface area contributed by atoms with Gasteiger partial charge in [-0.05, 0) is 26.3 Å². The molecule has 2 rings (SSSR count). The fraction of sp³-hybridized carbons (Fsp3) is 0.375. The Bertz CT molecular complexity index is 590. The zero-order valence-electron chi connectivity index (χ0n) is 12.1. The smallest absolute Gasteiger partial charge is 0.273 e. The van der Waals surface area contributed by atoms with E-state index in [1.807, 2.05) is 38.1 Å². The average Bonchev–Trinajstić information content (AvgIpc) is 2.88. The highest BCUT2D eigenvalue weighted by molar-refractivity contribution is 5.93. The summed E-state index contributed by atoms with van der Waals surface area (Å²) < 4.78 is 5.26. The van der Waals surface area contributed by atoms with Gasteiger partial charge in [-0.25, -0.2) is 0 Å². The first-order chi connectivity index (χ1) is 9.60. The average molecular weight is 272 g/mol. The maximum Gasteiger partial charge on any atom is 0.273 e. The molecule has 0 saturated heterocycles. The SMILES string of the molecule is CCC[C@@H](C)NC(=O)c1cc(-c2cccc(C)c2)on1. The van der Waals surface area contributed by atoms with Crippen LogP contribution in [0.3, 0.4) is 0 Å². The summed E-state index contributed by atoms with van der Waals surface area (Å²) in [6.45, 7) is 6.09. The molecule has 0 saturated carbocycles. The van der Waals surface area contributed by atoms with Gasteiger partial charge in [0.15, 0.2) is 11.5 Å². The summed E-state index contributed by atoms with van der Waals surface area (Å²) in [6, 6.07) is 9.74. The van der Waals surface area contributed by atoms with Gasteiger partial charge >= 0.3 is 0 Å². The molecule has 1 amide bonds. The molecule has 0 unspecified atom stereocenters. The third-order valence-electron chi connectivity index (χ3n) is 3.14. The van der Waals surface area contributed by atoms with E-state index in [1.165, 1.54) is 0 Å². The lowest BCUT2D eigenvalue weighted by Gasteiger charge is -2.10. The van der Waals surface area contributed by atoms with Crippen molar-refractivity contribution < 1.29 is 9.32 Å². The van der Waals surface area contributed by atoms with Gasteiger partial charge in [-0.3, -0.25) is 4.79 Å². The molecule has 4 heteroatoms. The summed E-state index contributed by atoms with van der Waals surface area (Å²) in [5.41, 5.74) is 2.39. The van der Waals surface area contributed by atoms with Crippen LogP contribution in [0.25, 0.3) is 11.3 Å². The highest BCUT2D eigenvalue weighted by atomic mass is 16.5. The van der Waals surface area contributed by atoms with Gasteiger partial charge in [0, 0.05) is 17.7 Å². The van der Waals surface area contributed by atoms with Crippen molar-refractivity contribution in [3.8, 4) is 11.3 Å². The summed E-state index contributed by atoms with van der Waals surface area (Å²) in [4.78, 5) is 12.0. The maximum absolute atomic E-state index is 12.0. The summed E-state index contributed by atoms with van der Waals surface area (Å²) in [7, 11) is 0. The van der Waals surface area contributed by atoms with E-state index >= 15 is 0 Å². The Morgan fingerprint density at radius 3 is 2.90 bits per heavy atom. The number of benzene rings is 1. The second kappa shape index (κ2) is 6.37. The zero-order chi connectivity index (χ0) is 14.5. The predicted molar refractivity (Wildman–Crippen MR) is 78.5 cm³/mol. The van der Waals surface area contributed by atoms with Crippen LogP contribution in [0.2, 0.25) is 0 Å². The van der Waals surface area contributed by atoms with E-state index in [0.717, 1.165) is 24.0 Å². The molecule has 4 nitrogen and oxygen atoms in total. The van der Waals surface area contributed by atoms with Gasteiger partial charge < -0.3 is 9.84 Å². The second-order valence-corrected chi connectivity index (χ2v) is 5.11. The van der Waals surface area contributed by atoms with Gasteiger partial charge in [0.2, 0.25) is 0 Å². The monoisotopic (exact) mass is 272 g/mol. The van der Waals surface area contributed by atoms with Gasteiger partial charge in [-0.1, -0.05) is 42.3 Å². The third-order valence-corrected chi connectivity index (χ3v) is 3.14. The molecule has 1 heterocycles. The lowest BCUT2D eigenvalue weighted by Crippen LogP contribution is -2.32. The van der Waals surface area contributed by atoms with Crippen LogP contribution in [0.5, 0.6) is 0 Å². The van der Waals surface area contributed by atoms with Gasteiger partial charge in [0.1, 0.15) is 0 Å². The maximum atomic E-state index is 12.0. The van der Waals surface area contributed by atoms with Crippen molar-refractivity contribution in [2.75, 3.05) is 0 Å². The Morgan fingerprint density at radius 1 is 1.40 bits per heavy atom. The number of hydrogen-bond donors (Lipinski definition) is 1. The molecule has 0 aliphatic rings. The summed E-state index contributed by atoms with van der Waals surface area (Å²) in [5.74, 6) is 0.426. The largest absolute Gasteiger partial charge is 0.355 e. The fourth-order valence-electron chi connectivity index (χ4n) is 2.12. The molecule has 1 N–H and O–H groups in total. The van der Waals surface area contributed by atoms with Crippen LogP contribution in [0.15, 0.2) is 34.9 Å². The fourth-order valence-corrected chi connectivity index (χ4v) is 2.12. The number of aromatic nitrogens is 1. The molecule has 20 heavy (non-hydrogen) atoms. The van der Waals surface area contributed by atoms with E-state index in [9.17, 15) is 4.79 Å². The van der Waals surface area contributed by atoms with Crippen LogP contribution in [0.1, 0.15) is 42.7 Å². The Kier molecular flexibility index (Phi) is 4.56. The molecule has 2 aromatic rings. The van der Waals surface area contributed by atoms with Crippen LogP contribution < -0.4 is 5.32 Å². The lowest BCUT2D eigenvalue weighted by molar-refractivity contribution is 0.0929. The zero-order valence-corrected chi connectivity index (χ0v) is 12.1. The number of carbonyl (C=O) groups is 1. The number of hydrogen-bond acceptors (Lipinski definition) is 3. The number of aryl methyl sites for hydroxylation is 1. The molecular weight excluding hydrogens is 252 g/mol. The molecule has 1 aromatic carbocycles. The van der Waals surface area contributed by atoms with Crippen molar-refractivity contribution in [2.45, 2.75) is 39.7 Å². The summed E-state index contributed by atoms with van der Waals surface area (Å²) in [6.07, 6.45) is 1.99. The number of amides is 1. The first-order valence-electron chi connectivity index (χ1n) is 6.94. The van der Waals surface area contributed by atoms with E-state index in [0.29, 0.717) is 11.5 Å². The van der Waals surface area contributed by atoms with Crippen molar-refractivity contribution in [3.05, 3.63) is 41.6 Å². The van der Waals surface area contributed by atoms with Crippen molar-refractivity contribution in [3.63, 3.8) is 0 Å². The standard InChI is InChI=1S/C16H20N2O2/c1-4-6-12(3)17-16(19)14-10-15(20-18-14)13-8-5-7-11(2)9-13/h5,7-10,12H,4,6H2,1-3H3,(H,17,19)/t12-/m1/s1. The minimum atomic E-state index is -0.186. The molecular formula is C16H20N2O2. The Labute approximate surface area is 119 Å². The van der Waals surface area contributed by atoms with Crippen LogP contribution in [-0.2, 0) is 0 Å². The van der Waals surface area contributed by atoms with E-state index in [1.54, 1.807) is 6.07 Å². The Balaban J connectivity index is 2.11. The highest BCUT2D eigenvalue weighted by Crippen LogP contribution is 2.21. The van der Waals surface area contributed by atoms with Gasteiger partial charge in [-0.15, -0.1) is 0 Å². The minimum Gasteiger partial charge on any atom is -0.355 e. The van der Waals surface area contributed by atoms with E-state index in [-0.39, 0.29) is 11.9 Å². The van der Waals surface area contributed by atoms with Crippen molar-refractivity contribution in [2.24, 2.45) is 0 Å². The third kappa shape index (κ3) is 3.47. The molecule has 0 bridgehead atoms. The summed E-state index contributed by atoms with van der Waals surface area (Å²) >= 11 is 0. The minimum absolute atomic E-state index is 0.145. The molecule has 0 fully saturated rings. The Morgan fingerprint density at radius 2 is 2.20 bits per heavy atom. The first-order valence-corrected chi connectivity index (χ1v) is 6.94. The molecule has 0 aliphatic heterocycles. The van der Waals surface area contributed by atoms with Crippen LogP contribution in [-0.4, -0.2) is 17.1 Å². The molecule has 106 valence electrons. The van der Waals surface area contributed by atoms with Crippen molar-refractivity contribution >= 4 is 5.91 Å². The van der Waals surface area contributed by atoms with Crippen molar-refractivity contribution in [1.82, 2.24) is 10.5 Å². The molecule has 0 spiro atoms. The molecule has 0 radical (unpaired) electrons. The number of rotatable bonds is 5. The topological polar surface area (TPSA) is 55.1 Å². The van der Waals surface area contributed by atoms with E-state index in [4.69, 9.17) is 4.52 Å². The van der Waals surface area contributed by atoms with Crippen LogP contribution in [0.4, 0.5) is 0 Å². The van der Waals surface area contributed by atoms with E-state index in [2.05, 4.69) is 17.4 Å². The van der Waals surface area contributed by atoms with Gasteiger partial charge in [0.05, 0.1) is 0 Å². The molecule has 0 aliphatic carbocycles. The number of carbonyl (C=O) groups excluding carboxylic acids is 1. The van der Waals surface area contributed by atoms with Crippen molar-refractivity contribution in [1.29, 1.82) is 0 Å². The van der Waals surface area contributed by atoms with Gasteiger partial charge in [0.25, 0.3) is 5.91 Å². The molecule has 1 aromatic heterocycles. The van der Waals surface area contributed by atoms with E-state index < -0.39 is 0 Å². The molecule has 1 atom stereocenters. The van der Waals surface area contributed by atoms with Crippen LogP contribution >= 0.6 is 0 Å².